The third kappa shape index (κ3) is 2.02. The monoisotopic (exact) mass is 370 g/mol. The topological polar surface area (TPSA) is 38.9 Å². The molecule has 0 N–H and O–H groups in total. The molecular weight excluding hydrogens is 356 g/mol. The Kier molecular flexibility index (Phi) is 2.74. The van der Waals surface area contributed by atoms with Crippen LogP contribution < -0.4 is 0 Å². The number of benzene rings is 4. The molecule has 0 fully saturated rings. The molecular formula is C26H14N2O. The molecule has 3 heterocycles. The lowest BCUT2D eigenvalue weighted by Gasteiger charge is -2.07. The molecule has 0 atom stereocenters. The van der Waals surface area contributed by atoms with Gasteiger partial charge in [-0.25, -0.2) is 9.97 Å². The predicted octanol–water partition coefficient (Wildman–Crippen LogP) is 6.99. The van der Waals surface area contributed by atoms with Gasteiger partial charge in [0.2, 0.25) is 0 Å². The summed E-state index contributed by atoms with van der Waals surface area (Å²) < 4.78 is 6.04. The van der Waals surface area contributed by atoms with Crippen molar-refractivity contribution < 1.29 is 4.42 Å². The van der Waals surface area contributed by atoms with Crippen LogP contribution in [0.2, 0.25) is 0 Å². The van der Waals surface area contributed by atoms with Gasteiger partial charge in [-0.2, -0.15) is 0 Å². The van der Waals surface area contributed by atoms with Crippen LogP contribution in [-0.2, 0) is 0 Å². The first kappa shape index (κ1) is 15.0. The summed E-state index contributed by atoms with van der Waals surface area (Å²) >= 11 is 0. The Morgan fingerprint density at radius 3 is 2.21 bits per heavy atom. The molecule has 3 heteroatoms. The zero-order chi connectivity index (χ0) is 18.9. The van der Waals surface area contributed by atoms with Gasteiger partial charge < -0.3 is 4.42 Å². The van der Waals surface area contributed by atoms with Gasteiger partial charge >= 0.3 is 0 Å². The molecule has 0 aliphatic heterocycles. The highest BCUT2D eigenvalue weighted by molar-refractivity contribution is 6.20. The van der Waals surface area contributed by atoms with Crippen molar-refractivity contribution in [2.75, 3.05) is 0 Å². The Labute approximate surface area is 165 Å². The van der Waals surface area contributed by atoms with E-state index >= 15 is 0 Å². The molecule has 3 aromatic heterocycles. The van der Waals surface area contributed by atoms with Crippen LogP contribution in [0.5, 0.6) is 0 Å². The second-order valence-electron chi connectivity index (χ2n) is 7.48. The standard InChI is InChI=1S/C26H14N2O/c1-3-7-20-15(5-1)13-18-19-14-16-9-12-24-25(17-6-2-4-8-23(17)29-24)26(16)28-22(19)11-10-21(18)27-20/h1-14H. The van der Waals surface area contributed by atoms with E-state index in [2.05, 4.69) is 54.6 Å². The number of hydrogen-bond donors (Lipinski definition) is 0. The average Bonchev–Trinajstić information content (AvgIpc) is 3.15. The SMILES string of the molecule is c1ccc2nc3ccc4nc5c(ccc6oc7ccccc7c65)cc4c3cc2c1. The lowest BCUT2D eigenvalue weighted by atomic mass is 10.0. The second-order valence-corrected chi connectivity index (χ2v) is 7.48. The third-order valence-electron chi connectivity index (χ3n) is 5.80. The first-order valence-electron chi connectivity index (χ1n) is 9.68. The number of aromatic nitrogens is 2. The average molecular weight is 370 g/mol. The van der Waals surface area contributed by atoms with E-state index in [-0.39, 0.29) is 0 Å². The molecule has 7 aromatic rings. The van der Waals surface area contributed by atoms with Crippen molar-refractivity contribution in [3.8, 4) is 0 Å². The molecule has 0 bridgehead atoms. The smallest absolute Gasteiger partial charge is 0.137 e. The molecule has 4 aromatic carbocycles. The van der Waals surface area contributed by atoms with E-state index in [9.17, 15) is 0 Å². The first-order valence-corrected chi connectivity index (χ1v) is 9.68. The molecule has 0 amide bonds. The van der Waals surface area contributed by atoms with Gasteiger partial charge in [-0.05, 0) is 48.5 Å². The summed E-state index contributed by atoms with van der Waals surface area (Å²) in [5.41, 5.74) is 5.73. The fourth-order valence-corrected chi connectivity index (χ4v) is 4.44. The van der Waals surface area contributed by atoms with Crippen molar-refractivity contribution >= 4 is 65.6 Å². The van der Waals surface area contributed by atoms with Crippen molar-refractivity contribution in [2.45, 2.75) is 0 Å². The summed E-state index contributed by atoms with van der Waals surface area (Å²) in [6, 6.07) is 29.1. The summed E-state index contributed by atoms with van der Waals surface area (Å²) in [6.45, 7) is 0. The lowest BCUT2D eigenvalue weighted by molar-refractivity contribution is 0.669. The predicted molar refractivity (Wildman–Crippen MR) is 119 cm³/mol. The molecule has 0 saturated carbocycles. The van der Waals surface area contributed by atoms with Crippen LogP contribution in [0.3, 0.4) is 0 Å². The minimum Gasteiger partial charge on any atom is -0.456 e. The molecule has 0 aliphatic carbocycles. The Morgan fingerprint density at radius 1 is 0.517 bits per heavy atom. The van der Waals surface area contributed by atoms with Gasteiger partial charge in [-0.1, -0.05) is 36.4 Å². The molecule has 0 unspecified atom stereocenters. The summed E-state index contributed by atoms with van der Waals surface area (Å²) in [6.07, 6.45) is 0. The highest BCUT2D eigenvalue weighted by Gasteiger charge is 2.13. The normalized spacial score (nSPS) is 12.1. The molecule has 0 spiro atoms. The number of furan rings is 1. The first-order chi connectivity index (χ1) is 14.3. The van der Waals surface area contributed by atoms with Crippen molar-refractivity contribution in [1.82, 2.24) is 9.97 Å². The Morgan fingerprint density at radius 2 is 1.28 bits per heavy atom. The quantitative estimate of drug-likeness (QED) is 0.213. The molecule has 0 aliphatic rings. The minimum absolute atomic E-state index is 0.874. The summed E-state index contributed by atoms with van der Waals surface area (Å²) in [5, 5.41) is 6.69. The van der Waals surface area contributed by atoms with E-state index in [1.165, 1.54) is 0 Å². The fraction of sp³-hybridized carbons (Fsp3) is 0. The van der Waals surface area contributed by atoms with Gasteiger partial charge in [0.25, 0.3) is 0 Å². The summed E-state index contributed by atoms with van der Waals surface area (Å²) in [7, 11) is 0. The van der Waals surface area contributed by atoms with Crippen LogP contribution in [0.15, 0.2) is 89.3 Å². The second kappa shape index (κ2) is 5.30. The van der Waals surface area contributed by atoms with Gasteiger partial charge in [0.15, 0.2) is 0 Å². The number of hydrogen-bond acceptors (Lipinski definition) is 3. The van der Waals surface area contributed by atoms with Crippen molar-refractivity contribution in [3.63, 3.8) is 0 Å². The summed E-state index contributed by atoms with van der Waals surface area (Å²) in [4.78, 5) is 9.92. The largest absolute Gasteiger partial charge is 0.456 e. The third-order valence-corrected chi connectivity index (χ3v) is 5.80. The van der Waals surface area contributed by atoms with Crippen molar-refractivity contribution in [3.05, 3.63) is 84.9 Å². The van der Waals surface area contributed by atoms with Gasteiger partial charge in [-0.3, -0.25) is 0 Å². The highest BCUT2D eigenvalue weighted by Crippen LogP contribution is 2.36. The molecule has 29 heavy (non-hydrogen) atoms. The van der Waals surface area contributed by atoms with Crippen LogP contribution in [-0.4, -0.2) is 9.97 Å². The van der Waals surface area contributed by atoms with Crippen LogP contribution in [0.1, 0.15) is 0 Å². The van der Waals surface area contributed by atoms with E-state index < -0.39 is 0 Å². The Hall–Kier alpha value is -3.98. The van der Waals surface area contributed by atoms with E-state index in [0.717, 1.165) is 65.6 Å². The zero-order valence-electron chi connectivity index (χ0n) is 15.4. The van der Waals surface area contributed by atoms with E-state index in [0.29, 0.717) is 0 Å². The van der Waals surface area contributed by atoms with Crippen molar-refractivity contribution in [1.29, 1.82) is 0 Å². The van der Waals surface area contributed by atoms with Crippen LogP contribution in [0.25, 0.3) is 65.6 Å². The Bertz CT molecular complexity index is 1760. The zero-order valence-corrected chi connectivity index (χ0v) is 15.4. The minimum atomic E-state index is 0.874. The number of pyridine rings is 2. The maximum atomic E-state index is 6.04. The number of nitrogens with zero attached hydrogens (tertiary/aromatic N) is 2. The van der Waals surface area contributed by atoms with Gasteiger partial charge in [0.05, 0.1) is 27.5 Å². The number of rotatable bonds is 0. The van der Waals surface area contributed by atoms with Gasteiger partial charge in [-0.15, -0.1) is 0 Å². The van der Waals surface area contributed by atoms with Crippen LogP contribution in [0.4, 0.5) is 0 Å². The summed E-state index contributed by atoms with van der Waals surface area (Å²) in [5.74, 6) is 0. The van der Waals surface area contributed by atoms with Crippen LogP contribution >= 0.6 is 0 Å². The molecule has 3 nitrogen and oxygen atoms in total. The molecule has 0 radical (unpaired) electrons. The number of para-hydroxylation sites is 2. The fourth-order valence-electron chi connectivity index (χ4n) is 4.44. The highest BCUT2D eigenvalue weighted by atomic mass is 16.3. The molecule has 134 valence electrons. The van der Waals surface area contributed by atoms with E-state index in [4.69, 9.17) is 14.4 Å². The molecule has 0 saturated heterocycles. The maximum Gasteiger partial charge on any atom is 0.137 e. The van der Waals surface area contributed by atoms with Crippen LogP contribution in [0, 0.1) is 0 Å². The van der Waals surface area contributed by atoms with Gasteiger partial charge in [0.1, 0.15) is 11.2 Å². The van der Waals surface area contributed by atoms with E-state index in [1.807, 2.05) is 30.3 Å². The Balaban J connectivity index is 1.66. The van der Waals surface area contributed by atoms with Gasteiger partial charge in [0, 0.05) is 26.9 Å². The number of fused-ring (bicyclic) bond motifs is 9. The van der Waals surface area contributed by atoms with E-state index in [1.54, 1.807) is 0 Å². The maximum absolute atomic E-state index is 6.04. The lowest BCUT2D eigenvalue weighted by Crippen LogP contribution is -1.88. The molecule has 7 rings (SSSR count). The van der Waals surface area contributed by atoms with Crippen molar-refractivity contribution in [2.24, 2.45) is 0 Å².